The van der Waals surface area contributed by atoms with Crippen molar-refractivity contribution in [2.75, 3.05) is 0 Å². The molecule has 0 atom stereocenters. The fourth-order valence-electron chi connectivity index (χ4n) is 7.35. The first-order chi connectivity index (χ1) is 21.4. The summed E-state index contributed by atoms with van der Waals surface area (Å²) in [6.45, 7) is 0. The van der Waals surface area contributed by atoms with Gasteiger partial charge in [0.05, 0.1) is 33.4 Å². The fraction of sp³-hybridized carbons (Fsp3) is 0. The van der Waals surface area contributed by atoms with Crippen LogP contribution >= 0.6 is 0 Å². The monoisotopic (exact) mass is 548 g/mol. The van der Waals surface area contributed by atoms with Gasteiger partial charge in [-0.1, -0.05) is 109 Å². The summed E-state index contributed by atoms with van der Waals surface area (Å²) in [5.74, 6) is 1.78. The van der Waals surface area contributed by atoms with E-state index in [-0.39, 0.29) is 0 Å². The number of hydrogen-bond donors (Lipinski definition) is 0. The highest BCUT2D eigenvalue weighted by Gasteiger charge is 2.26. The molecule has 0 bridgehead atoms. The highest BCUT2D eigenvalue weighted by atomic mass is 16.5. The zero-order valence-electron chi connectivity index (χ0n) is 23.2. The molecule has 1 aliphatic rings. The summed E-state index contributed by atoms with van der Waals surface area (Å²) in [5, 5.41) is 7.38. The average molecular weight is 549 g/mol. The largest absolute Gasteiger partial charge is 0.452 e. The zero-order valence-corrected chi connectivity index (χ0v) is 23.2. The van der Waals surface area contributed by atoms with Crippen molar-refractivity contribution in [3.05, 3.63) is 146 Å². The molecule has 9 aromatic rings. The summed E-state index contributed by atoms with van der Waals surface area (Å²) in [5.41, 5.74) is 9.22. The summed E-state index contributed by atoms with van der Waals surface area (Å²) in [6.07, 6.45) is 0. The van der Waals surface area contributed by atoms with E-state index in [1.807, 2.05) is 0 Å². The third kappa shape index (κ3) is 2.98. The van der Waals surface area contributed by atoms with E-state index in [1.54, 1.807) is 0 Å². The van der Waals surface area contributed by atoms with Crippen LogP contribution in [0.3, 0.4) is 0 Å². The molecule has 0 N–H and O–H groups in total. The van der Waals surface area contributed by atoms with E-state index in [0.29, 0.717) is 0 Å². The molecule has 1 aliphatic heterocycles. The molecule has 3 heteroatoms. The second kappa shape index (κ2) is 8.37. The number of ether oxygens (including phenoxy) is 1. The maximum Gasteiger partial charge on any atom is 0.159 e. The second-order valence-electron chi connectivity index (χ2n) is 11.3. The van der Waals surface area contributed by atoms with E-state index < -0.39 is 0 Å². The lowest BCUT2D eigenvalue weighted by molar-refractivity contribution is 0.478. The molecule has 0 saturated heterocycles. The number of benzene rings is 7. The van der Waals surface area contributed by atoms with Gasteiger partial charge >= 0.3 is 0 Å². The van der Waals surface area contributed by atoms with Gasteiger partial charge in [-0.15, -0.1) is 0 Å². The molecular weight excluding hydrogens is 524 g/mol. The molecule has 10 rings (SSSR count). The van der Waals surface area contributed by atoms with Gasteiger partial charge in [-0.3, -0.25) is 0 Å². The van der Waals surface area contributed by atoms with Crippen LogP contribution in [0.1, 0.15) is 0 Å². The van der Waals surface area contributed by atoms with Crippen LogP contribution in [0, 0.1) is 0 Å². The summed E-state index contributed by atoms with van der Waals surface area (Å²) >= 11 is 0. The Labute approximate surface area is 247 Å². The topological polar surface area (TPSA) is 19.1 Å². The van der Waals surface area contributed by atoms with Crippen molar-refractivity contribution < 1.29 is 4.74 Å². The lowest BCUT2D eigenvalue weighted by Crippen LogP contribution is -2.05. The van der Waals surface area contributed by atoms with Crippen molar-refractivity contribution in [1.82, 2.24) is 9.13 Å². The van der Waals surface area contributed by atoms with E-state index in [2.05, 4.69) is 155 Å². The lowest BCUT2D eigenvalue weighted by atomic mass is 9.95. The molecule has 0 saturated carbocycles. The van der Waals surface area contributed by atoms with Crippen LogP contribution in [-0.4, -0.2) is 9.13 Å². The summed E-state index contributed by atoms with van der Waals surface area (Å²) < 4.78 is 11.6. The van der Waals surface area contributed by atoms with Crippen LogP contribution < -0.4 is 4.74 Å². The molecule has 0 aliphatic carbocycles. The number of para-hydroxylation sites is 5. The van der Waals surface area contributed by atoms with E-state index in [9.17, 15) is 0 Å². The number of aromatic nitrogens is 2. The third-order valence-electron chi connectivity index (χ3n) is 9.12. The highest BCUT2D eigenvalue weighted by Crippen LogP contribution is 2.50. The molecule has 0 radical (unpaired) electrons. The van der Waals surface area contributed by atoms with Crippen LogP contribution in [-0.2, 0) is 0 Å². The van der Waals surface area contributed by atoms with Crippen molar-refractivity contribution in [2.45, 2.75) is 0 Å². The predicted molar refractivity (Wildman–Crippen MR) is 178 cm³/mol. The summed E-state index contributed by atoms with van der Waals surface area (Å²) in [6, 6.07) is 52.2. The molecule has 3 nitrogen and oxygen atoms in total. The normalized spacial score (nSPS) is 12.4. The Morgan fingerprint density at radius 1 is 0.349 bits per heavy atom. The van der Waals surface area contributed by atoms with Crippen LogP contribution in [0.2, 0.25) is 0 Å². The highest BCUT2D eigenvalue weighted by molar-refractivity contribution is 6.14. The molecular formula is C40H24N2O. The van der Waals surface area contributed by atoms with Crippen LogP contribution in [0.25, 0.3) is 76.9 Å². The number of nitrogens with zero attached hydrogens (tertiary/aromatic N) is 2. The molecule has 3 heterocycles. The van der Waals surface area contributed by atoms with Crippen molar-refractivity contribution in [1.29, 1.82) is 0 Å². The number of rotatable bonds is 2. The first-order valence-electron chi connectivity index (χ1n) is 14.7. The molecule has 7 aromatic carbocycles. The van der Waals surface area contributed by atoms with E-state index in [1.165, 1.54) is 54.6 Å². The van der Waals surface area contributed by atoms with Crippen LogP contribution in [0.5, 0.6) is 11.5 Å². The van der Waals surface area contributed by atoms with Gasteiger partial charge in [-0.25, -0.2) is 0 Å². The van der Waals surface area contributed by atoms with Crippen molar-refractivity contribution in [3.8, 4) is 34.0 Å². The third-order valence-corrected chi connectivity index (χ3v) is 9.12. The van der Waals surface area contributed by atoms with Crippen molar-refractivity contribution in [3.63, 3.8) is 0 Å². The molecule has 200 valence electrons. The fourth-order valence-corrected chi connectivity index (χ4v) is 7.35. The van der Waals surface area contributed by atoms with E-state index >= 15 is 0 Å². The van der Waals surface area contributed by atoms with Gasteiger partial charge in [0.1, 0.15) is 0 Å². The predicted octanol–water partition coefficient (Wildman–Crippen LogP) is 10.8. The summed E-state index contributed by atoms with van der Waals surface area (Å²) in [4.78, 5) is 0. The second-order valence-corrected chi connectivity index (χ2v) is 11.3. The Balaban J connectivity index is 1.26. The standard InChI is InChI=1S/C40H24N2O/c1-2-12-27-25(11-1)26(23-24-36(27)41-33-18-6-3-13-28(33)29-14-4-7-19-34(29)41)32-17-9-21-37-40(32)43-38-22-10-16-31-30-15-5-8-20-35(30)42(37)39(31)38/h1-24H. The van der Waals surface area contributed by atoms with Gasteiger partial charge in [0.2, 0.25) is 0 Å². The first-order valence-corrected chi connectivity index (χ1v) is 14.7. The Hall–Kier alpha value is -5.80. The molecule has 0 unspecified atom stereocenters. The van der Waals surface area contributed by atoms with Gasteiger partial charge in [0.25, 0.3) is 0 Å². The van der Waals surface area contributed by atoms with E-state index in [0.717, 1.165) is 33.8 Å². The quantitative estimate of drug-likeness (QED) is 0.210. The Morgan fingerprint density at radius 2 is 0.907 bits per heavy atom. The smallest absolute Gasteiger partial charge is 0.159 e. The van der Waals surface area contributed by atoms with Gasteiger partial charge in [0.15, 0.2) is 11.5 Å². The van der Waals surface area contributed by atoms with Crippen LogP contribution in [0.15, 0.2) is 146 Å². The molecule has 43 heavy (non-hydrogen) atoms. The Morgan fingerprint density at radius 3 is 1.63 bits per heavy atom. The minimum atomic E-state index is 0.888. The van der Waals surface area contributed by atoms with Crippen molar-refractivity contribution in [2.24, 2.45) is 0 Å². The SMILES string of the molecule is c1cc(-c2ccc(-n3c4ccccc4c4ccccc43)c3ccccc23)c2c(c1)-n1c3ccccc3c3cccc(c31)O2. The minimum absolute atomic E-state index is 0.888. The number of hydrogen-bond acceptors (Lipinski definition) is 1. The van der Waals surface area contributed by atoms with Crippen molar-refractivity contribution >= 4 is 54.4 Å². The maximum atomic E-state index is 6.81. The van der Waals surface area contributed by atoms with Gasteiger partial charge in [-0.2, -0.15) is 0 Å². The van der Waals surface area contributed by atoms with E-state index in [4.69, 9.17) is 4.74 Å². The Bertz CT molecular complexity index is 2550. The summed E-state index contributed by atoms with van der Waals surface area (Å²) in [7, 11) is 0. The number of fused-ring (bicyclic) bond motifs is 9. The molecule has 0 amide bonds. The lowest BCUT2D eigenvalue weighted by Gasteiger charge is -2.24. The molecule has 2 aromatic heterocycles. The average Bonchev–Trinajstić information content (AvgIpc) is 3.59. The van der Waals surface area contributed by atoms with Crippen LogP contribution in [0.4, 0.5) is 0 Å². The maximum absolute atomic E-state index is 6.81. The first kappa shape index (κ1) is 22.8. The molecule has 0 spiro atoms. The van der Waals surface area contributed by atoms with Gasteiger partial charge in [-0.05, 0) is 47.3 Å². The zero-order chi connectivity index (χ0) is 28.1. The minimum Gasteiger partial charge on any atom is -0.452 e. The Kier molecular flexibility index (Phi) is 4.45. The molecule has 0 fully saturated rings. The van der Waals surface area contributed by atoms with Gasteiger partial charge < -0.3 is 13.9 Å². The van der Waals surface area contributed by atoms with Gasteiger partial charge in [0, 0.05) is 32.5 Å².